The molecular weight excluding hydrogens is 318 g/mol. The van der Waals surface area contributed by atoms with Gasteiger partial charge in [-0.2, -0.15) is 4.80 Å². The molecule has 2 unspecified atom stereocenters. The summed E-state index contributed by atoms with van der Waals surface area (Å²) in [5.74, 6) is 1.51. The number of esters is 1. The molecule has 0 saturated heterocycles. The molecular formula is C15H24ClN5O2. The van der Waals surface area contributed by atoms with E-state index in [1.807, 2.05) is 0 Å². The smallest absolute Gasteiger partial charge is 0.313 e. The number of tetrazole rings is 1. The molecule has 4 aliphatic carbocycles. The number of aromatic nitrogens is 4. The minimum atomic E-state index is -0.303. The maximum atomic E-state index is 11.6. The van der Waals surface area contributed by atoms with Gasteiger partial charge in [0.1, 0.15) is 6.42 Å². The van der Waals surface area contributed by atoms with E-state index in [2.05, 4.69) is 15.4 Å². The monoisotopic (exact) mass is 341 g/mol. The van der Waals surface area contributed by atoms with Crippen LogP contribution in [0.4, 0.5) is 0 Å². The molecule has 4 bridgehead atoms. The number of hydrogen-bond donors (Lipinski definition) is 1. The van der Waals surface area contributed by atoms with Crippen LogP contribution in [-0.4, -0.2) is 38.3 Å². The maximum Gasteiger partial charge on any atom is 0.313 e. The summed E-state index contributed by atoms with van der Waals surface area (Å²) < 4.78 is 4.94. The maximum absolute atomic E-state index is 11.6. The number of hydrogen-bond acceptors (Lipinski definition) is 6. The highest BCUT2D eigenvalue weighted by atomic mass is 35.5. The first-order valence-corrected chi connectivity index (χ1v) is 8.24. The zero-order valence-electron chi connectivity index (χ0n) is 13.4. The van der Waals surface area contributed by atoms with Crippen LogP contribution in [0.1, 0.15) is 51.3 Å². The minimum absolute atomic E-state index is 0. The lowest BCUT2D eigenvalue weighted by Crippen LogP contribution is -2.63. The Balaban J connectivity index is 0.00000156. The van der Waals surface area contributed by atoms with Gasteiger partial charge in [0, 0.05) is 5.54 Å². The highest BCUT2D eigenvalue weighted by molar-refractivity contribution is 5.85. The second-order valence-corrected chi connectivity index (χ2v) is 7.52. The average Bonchev–Trinajstić information content (AvgIpc) is 2.85. The highest BCUT2D eigenvalue weighted by Crippen LogP contribution is 2.59. The van der Waals surface area contributed by atoms with Gasteiger partial charge in [0.25, 0.3) is 0 Å². The van der Waals surface area contributed by atoms with Crippen LogP contribution in [0, 0.1) is 11.8 Å². The highest BCUT2D eigenvalue weighted by Gasteiger charge is 2.58. The fourth-order valence-electron chi connectivity index (χ4n) is 5.37. The summed E-state index contributed by atoms with van der Waals surface area (Å²) in [5.41, 5.74) is 6.47. The fourth-order valence-corrected chi connectivity index (χ4v) is 5.37. The van der Waals surface area contributed by atoms with Gasteiger partial charge in [-0.1, -0.05) is 0 Å². The van der Waals surface area contributed by atoms with Gasteiger partial charge >= 0.3 is 5.97 Å². The summed E-state index contributed by atoms with van der Waals surface area (Å²) in [6.45, 7) is 2.16. The van der Waals surface area contributed by atoms with Crippen LogP contribution >= 0.6 is 12.4 Å². The Labute approximate surface area is 141 Å². The number of halogens is 1. The van der Waals surface area contributed by atoms with Crippen LogP contribution in [0.3, 0.4) is 0 Å². The lowest BCUT2D eigenvalue weighted by atomic mass is 9.50. The van der Waals surface area contributed by atoms with E-state index in [-0.39, 0.29) is 35.9 Å². The normalized spacial score (nSPS) is 37.5. The zero-order valence-corrected chi connectivity index (χ0v) is 14.2. The van der Waals surface area contributed by atoms with Crippen molar-refractivity contribution in [3.63, 3.8) is 0 Å². The Hall–Kier alpha value is -1.21. The molecule has 4 fully saturated rings. The largest absolute Gasteiger partial charge is 0.466 e. The lowest BCUT2D eigenvalue weighted by Gasteiger charge is -2.59. The topological polar surface area (TPSA) is 95.9 Å². The number of nitrogens with two attached hydrogens (primary N) is 1. The van der Waals surface area contributed by atoms with Crippen molar-refractivity contribution >= 4 is 18.4 Å². The summed E-state index contributed by atoms with van der Waals surface area (Å²) in [7, 11) is 0. The molecule has 0 aliphatic heterocycles. The molecule has 2 atom stereocenters. The van der Waals surface area contributed by atoms with Crippen molar-refractivity contribution in [1.29, 1.82) is 0 Å². The molecule has 2 N–H and O–H groups in total. The van der Waals surface area contributed by atoms with E-state index in [0.717, 1.165) is 32.1 Å². The van der Waals surface area contributed by atoms with Crippen LogP contribution < -0.4 is 5.73 Å². The van der Waals surface area contributed by atoms with Gasteiger partial charge in [0.05, 0.1) is 12.1 Å². The summed E-state index contributed by atoms with van der Waals surface area (Å²) in [6.07, 6.45) is 6.78. The molecule has 1 aromatic rings. The second-order valence-electron chi connectivity index (χ2n) is 7.52. The predicted octanol–water partition coefficient (Wildman–Crippen LogP) is 1.21. The van der Waals surface area contributed by atoms with E-state index in [9.17, 15) is 4.79 Å². The number of carbonyl (C=O) groups is 1. The SMILES string of the molecule is CCOC(=O)Cc1nnn(C23CC4CC(CC(N)(C4)C2)C3)n1.Cl. The van der Waals surface area contributed by atoms with Crippen molar-refractivity contribution in [2.45, 2.75) is 62.9 Å². The molecule has 23 heavy (non-hydrogen) atoms. The third-order valence-corrected chi connectivity index (χ3v) is 5.56. The first-order valence-electron chi connectivity index (χ1n) is 8.24. The fraction of sp³-hybridized carbons (Fsp3) is 0.867. The van der Waals surface area contributed by atoms with Crippen molar-refractivity contribution in [2.24, 2.45) is 17.6 Å². The van der Waals surface area contributed by atoms with Crippen LogP contribution in [0.5, 0.6) is 0 Å². The van der Waals surface area contributed by atoms with Gasteiger partial charge in [-0.25, -0.2) is 0 Å². The third kappa shape index (κ3) is 2.85. The molecule has 0 radical (unpaired) electrons. The summed E-state index contributed by atoms with van der Waals surface area (Å²) in [4.78, 5) is 13.3. The first kappa shape index (κ1) is 16.6. The molecule has 128 valence electrons. The second kappa shape index (κ2) is 5.70. The number of ether oxygens (including phenoxy) is 1. The van der Waals surface area contributed by atoms with E-state index in [4.69, 9.17) is 10.5 Å². The van der Waals surface area contributed by atoms with E-state index in [1.165, 1.54) is 6.42 Å². The predicted molar refractivity (Wildman–Crippen MR) is 85.0 cm³/mol. The van der Waals surface area contributed by atoms with Crippen molar-refractivity contribution in [2.75, 3.05) is 6.61 Å². The Morgan fingerprint density at radius 2 is 2.04 bits per heavy atom. The molecule has 5 rings (SSSR count). The molecule has 4 aliphatic rings. The van der Waals surface area contributed by atoms with Crippen LogP contribution in [0.15, 0.2) is 0 Å². The van der Waals surface area contributed by atoms with E-state index < -0.39 is 0 Å². The molecule has 1 aromatic heterocycles. The van der Waals surface area contributed by atoms with Crippen LogP contribution in [0.2, 0.25) is 0 Å². The summed E-state index contributed by atoms with van der Waals surface area (Å²) in [5, 5.41) is 12.8. The number of nitrogens with zero attached hydrogens (tertiary/aromatic N) is 4. The number of carbonyl (C=O) groups excluding carboxylic acids is 1. The van der Waals surface area contributed by atoms with E-state index in [0.29, 0.717) is 24.3 Å². The quantitative estimate of drug-likeness (QED) is 0.827. The Kier molecular flexibility index (Phi) is 4.13. The van der Waals surface area contributed by atoms with Crippen LogP contribution in [0.25, 0.3) is 0 Å². The third-order valence-electron chi connectivity index (χ3n) is 5.56. The molecule has 1 heterocycles. The zero-order chi connectivity index (χ0) is 15.4. The van der Waals surface area contributed by atoms with Crippen molar-refractivity contribution in [3.8, 4) is 0 Å². The van der Waals surface area contributed by atoms with Gasteiger partial charge in [0.2, 0.25) is 0 Å². The van der Waals surface area contributed by atoms with Gasteiger partial charge in [-0.3, -0.25) is 4.79 Å². The van der Waals surface area contributed by atoms with Gasteiger partial charge in [-0.15, -0.1) is 22.6 Å². The average molecular weight is 342 g/mol. The lowest BCUT2D eigenvalue weighted by molar-refractivity contribution is -0.142. The van der Waals surface area contributed by atoms with E-state index in [1.54, 1.807) is 11.7 Å². The van der Waals surface area contributed by atoms with Gasteiger partial charge in [0.15, 0.2) is 5.82 Å². The molecule has 8 heteroatoms. The van der Waals surface area contributed by atoms with Crippen molar-refractivity contribution in [1.82, 2.24) is 20.2 Å². The van der Waals surface area contributed by atoms with Crippen molar-refractivity contribution < 1.29 is 9.53 Å². The molecule has 0 amide bonds. The molecule has 0 spiro atoms. The summed E-state index contributed by atoms with van der Waals surface area (Å²) >= 11 is 0. The summed E-state index contributed by atoms with van der Waals surface area (Å²) in [6, 6.07) is 0. The molecule has 7 nitrogen and oxygen atoms in total. The first-order chi connectivity index (χ1) is 10.5. The Morgan fingerprint density at radius 1 is 1.35 bits per heavy atom. The Morgan fingerprint density at radius 3 is 2.65 bits per heavy atom. The van der Waals surface area contributed by atoms with Crippen molar-refractivity contribution in [3.05, 3.63) is 5.82 Å². The standard InChI is InChI=1S/C15H23N5O2.ClH/c1-2-22-13(21)4-12-17-19-20(18-12)15-7-10-3-11(8-15)6-14(16,5-10)9-15;/h10-11H,2-9,16H2,1H3;1H. The van der Waals surface area contributed by atoms with Crippen LogP contribution in [-0.2, 0) is 21.5 Å². The van der Waals surface area contributed by atoms with E-state index >= 15 is 0 Å². The number of rotatable bonds is 4. The van der Waals surface area contributed by atoms with Gasteiger partial charge in [-0.05, 0) is 62.5 Å². The molecule has 4 saturated carbocycles. The minimum Gasteiger partial charge on any atom is -0.466 e. The Bertz CT molecular complexity index is 590. The molecule has 0 aromatic carbocycles. The van der Waals surface area contributed by atoms with Gasteiger partial charge < -0.3 is 10.5 Å².